The van der Waals surface area contributed by atoms with Gasteiger partial charge >= 0.3 is 0 Å². The molecule has 0 aliphatic rings. The van der Waals surface area contributed by atoms with Crippen molar-refractivity contribution in [1.82, 2.24) is 0 Å². The minimum atomic E-state index is 0.819. The molecular weight excluding hydrogens is 87.6 g/mol. The molecule has 0 saturated carbocycles. The monoisotopic (exact) mass is 92.0 g/mol. The van der Waals surface area contributed by atoms with E-state index in [0.29, 0.717) is 0 Å². The Morgan fingerprint density at radius 3 is 2.25 bits per heavy atom. The zero-order chi connectivity index (χ0) is 3.41. The van der Waals surface area contributed by atoms with E-state index in [1.165, 1.54) is 0 Å². The maximum absolute atomic E-state index is 5.20. The Hall–Kier alpha value is 0.507. The van der Waals surface area contributed by atoms with E-state index in [4.69, 9.17) is 11.6 Å². The third-order valence-corrected chi connectivity index (χ3v) is 1.20. The van der Waals surface area contributed by atoms with Crippen LogP contribution in [0.2, 0.25) is 6.55 Å². The lowest BCUT2D eigenvalue weighted by molar-refractivity contribution is 2.04. The SMILES string of the molecule is C[Si]CCl. The van der Waals surface area contributed by atoms with Crippen molar-refractivity contribution in [3.8, 4) is 0 Å². The summed E-state index contributed by atoms with van der Waals surface area (Å²) in [6.07, 6.45) is 0. The number of hydrogen-bond donors (Lipinski definition) is 0. The lowest BCUT2D eigenvalue weighted by Gasteiger charge is -1.62. The third-order valence-electron chi connectivity index (χ3n) is 0.134. The standard InChI is InChI=1S/C2H5ClSi/c1-4-2-3/h2H2,1H3. The first-order valence-electron chi connectivity index (χ1n) is 1.12. The number of hydrogen-bond acceptors (Lipinski definition) is 0. The highest BCUT2D eigenvalue weighted by atomic mass is 35.5. The van der Waals surface area contributed by atoms with Crippen molar-refractivity contribution in [2.24, 2.45) is 0 Å². The van der Waals surface area contributed by atoms with E-state index >= 15 is 0 Å². The van der Waals surface area contributed by atoms with Crippen LogP contribution in [0.1, 0.15) is 0 Å². The molecule has 0 bridgehead atoms. The van der Waals surface area contributed by atoms with Crippen LogP contribution < -0.4 is 0 Å². The largest absolute Gasteiger partial charge is 0.131 e. The van der Waals surface area contributed by atoms with Crippen LogP contribution in [0.3, 0.4) is 0 Å². The first kappa shape index (κ1) is 4.51. The molecule has 0 aromatic rings. The van der Waals surface area contributed by atoms with Crippen molar-refractivity contribution >= 4 is 21.1 Å². The molecular formula is C2H5ClSi. The van der Waals surface area contributed by atoms with Gasteiger partial charge in [-0.25, -0.2) is 0 Å². The lowest BCUT2D eigenvalue weighted by Crippen LogP contribution is -1.76. The molecule has 0 spiro atoms. The van der Waals surface area contributed by atoms with Crippen LogP contribution in [-0.2, 0) is 0 Å². The second-order valence-corrected chi connectivity index (χ2v) is 2.26. The van der Waals surface area contributed by atoms with E-state index in [9.17, 15) is 0 Å². The topological polar surface area (TPSA) is 0 Å². The molecule has 24 valence electrons. The summed E-state index contributed by atoms with van der Waals surface area (Å²) in [6.45, 7) is 2.08. The lowest BCUT2D eigenvalue weighted by atomic mass is 11.9. The molecule has 0 saturated heterocycles. The molecule has 4 heavy (non-hydrogen) atoms. The van der Waals surface area contributed by atoms with E-state index in [1.807, 2.05) is 0 Å². The second kappa shape index (κ2) is 3.51. The molecule has 0 aromatic heterocycles. The minimum absolute atomic E-state index is 0.819. The van der Waals surface area contributed by atoms with Gasteiger partial charge in [-0.1, -0.05) is 6.55 Å². The molecule has 0 nitrogen and oxygen atoms in total. The molecule has 2 heteroatoms. The van der Waals surface area contributed by atoms with Crippen LogP contribution in [0.15, 0.2) is 0 Å². The smallest absolute Gasteiger partial charge is 0.0540 e. The Morgan fingerprint density at radius 1 is 2.00 bits per heavy atom. The van der Waals surface area contributed by atoms with Crippen LogP contribution in [0.5, 0.6) is 0 Å². The quantitative estimate of drug-likeness (QED) is 0.334. The fraction of sp³-hybridized carbons (Fsp3) is 1.00. The van der Waals surface area contributed by atoms with Gasteiger partial charge in [0.1, 0.15) is 0 Å². The summed E-state index contributed by atoms with van der Waals surface area (Å²) < 4.78 is 0. The van der Waals surface area contributed by atoms with Crippen LogP contribution in [0.4, 0.5) is 0 Å². The van der Waals surface area contributed by atoms with Crippen molar-refractivity contribution in [1.29, 1.82) is 0 Å². The van der Waals surface area contributed by atoms with Gasteiger partial charge in [0.25, 0.3) is 0 Å². The number of rotatable bonds is 1. The fourth-order valence-corrected chi connectivity index (χ4v) is 0. The Kier molecular flexibility index (Phi) is 3.95. The predicted molar refractivity (Wildman–Crippen MR) is 22.3 cm³/mol. The Bertz CT molecular complexity index is 8.00. The van der Waals surface area contributed by atoms with E-state index in [-0.39, 0.29) is 0 Å². The van der Waals surface area contributed by atoms with E-state index < -0.39 is 0 Å². The molecule has 0 aliphatic carbocycles. The van der Waals surface area contributed by atoms with Gasteiger partial charge < -0.3 is 0 Å². The Labute approximate surface area is 34.0 Å². The summed E-state index contributed by atoms with van der Waals surface area (Å²) in [4.78, 5) is 0. The summed E-state index contributed by atoms with van der Waals surface area (Å²) in [7, 11) is 0.906. The van der Waals surface area contributed by atoms with E-state index in [1.54, 1.807) is 0 Å². The zero-order valence-corrected chi connectivity index (χ0v) is 4.34. The van der Waals surface area contributed by atoms with Crippen LogP contribution in [0.25, 0.3) is 0 Å². The summed E-state index contributed by atoms with van der Waals surface area (Å²) in [5.41, 5.74) is 0.819. The Balaban J connectivity index is 1.97. The second-order valence-electron chi connectivity index (χ2n) is 0.487. The highest BCUT2D eigenvalue weighted by Crippen LogP contribution is 1.63. The Morgan fingerprint density at radius 2 is 2.25 bits per heavy atom. The summed E-state index contributed by atoms with van der Waals surface area (Å²) in [5, 5.41) is 0. The summed E-state index contributed by atoms with van der Waals surface area (Å²) in [5.74, 6) is 0. The summed E-state index contributed by atoms with van der Waals surface area (Å²) >= 11 is 5.20. The van der Waals surface area contributed by atoms with E-state index in [0.717, 1.165) is 15.0 Å². The first-order chi connectivity index (χ1) is 1.91. The number of alkyl halides is 1. The van der Waals surface area contributed by atoms with Gasteiger partial charge in [0.15, 0.2) is 0 Å². The third kappa shape index (κ3) is 2.51. The van der Waals surface area contributed by atoms with Gasteiger partial charge in [0.2, 0.25) is 0 Å². The van der Waals surface area contributed by atoms with Crippen molar-refractivity contribution < 1.29 is 0 Å². The van der Waals surface area contributed by atoms with E-state index in [2.05, 4.69) is 6.55 Å². The van der Waals surface area contributed by atoms with Crippen LogP contribution in [-0.4, -0.2) is 15.0 Å². The minimum Gasteiger partial charge on any atom is -0.131 e. The normalized spacial score (nSPS) is 7.50. The van der Waals surface area contributed by atoms with Gasteiger partial charge in [0.05, 0.1) is 9.52 Å². The maximum atomic E-state index is 5.20. The van der Waals surface area contributed by atoms with Crippen molar-refractivity contribution in [2.75, 3.05) is 5.50 Å². The highest BCUT2D eigenvalue weighted by Gasteiger charge is 1.62. The molecule has 0 aromatic carbocycles. The molecule has 0 unspecified atom stereocenters. The predicted octanol–water partition coefficient (Wildman–Crippen LogP) is 0.935. The fourth-order valence-electron chi connectivity index (χ4n) is 0. The maximum Gasteiger partial charge on any atom is 0.0540 e. The molecule has 0 fully saturated rings. The average molecular weight is 92.6 g/mol. The first-order valence-corrected chi connectivity index (χ1v) is 3.36. The average Bonchev–Trinajstić information content (AvgIpc) is 1.37. The van der Waals surface area contributed by atoms with Crippen molar-refractivity contribution in [2.45, 2.75) is 6.55 Å². The van der Waals surface area contributed by atoms with Gasteiger partial charge in [-0.2, -0.15) is 0 Å². The summed E-state index contributed by atoms with van der Waals surface area (Å²) in [6, 6.07) is 0. The van der Waals surface area contributed by atoms with Gasteiger partial charge in [0, 0.05) is 5.50 Å². The molecule has 0 atom stereocenters. The van der Waals surface area contributed by atoms with Crippen LogP contribution in [0, 0.1) is 0 Å². The highest BCUT2D eigenvalue weighted by molar-refractivity contribution is 6.49. The van der Waals surface area contributed by atoms with Crippen LogP contribution >= 0.6 is 11.6 Å². The molecule has 0 heterocycles. The molecule has 0 amide bonds. The molecule has 0 aliphatic heterocycles. The molecule has 0 rings (SSSR count). The van der Waals surface area contributed by atoms with Gasteiger partial charge in [-0.15, -0.1) is 11.6 Å². The van der Waals surface area contributed by atoms with Gasteiger partial charge in [-0.3, -0.25) is 0 Å². The van der Waals surface area contributed by atoms with Crippen molar-refractivity contribution in [3.63, 3.8) is 0 Å². The zero-order valence-electron chi connectivity index (χ0n) is 2.59. The number of halogens is 1. The van der Waals surface area contributed by atoms with Crippen molar-refractivity contribution in [3.05, 3.63) is 0 Å². The molecule has 2 radical (unpaired) electrons. The van der Waals surface area contributed by atoms with Gasteiger partial charge in [-0.05, 0) is 0 Å². The molecule has 0 N–H and O–H groups in total.